The molecular weight excluding hydrogens is 876 g/mol. The molecule has 0 amide bonds. The molecule has 4 unspecified atom stereocenters. The first-order valence-electron chi connectivity index (χ1n) is 7.90. The van der Waals surface area contributed by atoms with Crippen LogP contribution in [0.4, 0.5) is 0 Å². The van der Waals surface area contributed by atoms with Gasteiger partial charge in [-0.2, -0.15) is 0 Å². The van der Waals surface area contributed by atoms with Gasteiger partial charge in [0, 0.05) is 0 Å². The molecule has 0 radical (unpaired) electrons. The first-order chi connectivity index (χ1) is 15.6. The molecule has 216 valence electrons. The van der Waals surface area contributed by atoms with Crippen molar-refractivity contribution in [2.45, 2.75) is 36.6 Å². The Morgan fingerprint density at radius 1 is 0.333 bits per heavy atom. The summed E-state index contributed by atoms with van der Waals surface area (Å²) in [7, 11) is -38.1. The van der Waals surface area contributed by atoms with Crippen LogP contribution in [0.25, 0.3) is 0 Å². The summed E-state index contributed by atoms with van der Waals surface area (Å²) in [4.78, 5) is 121. The largest absolute Gasteiger partial charge is 1.00 e. The summed E-state index contributed by atoms with van der Waals surface area (Å²) in [6.07, 6.45) is -20.2. The molecule has 1 rings (SSSR count). The fourth-order valence-electron chi connectivity index (χ4n) is 2.76. The quantitative estimate of drug-likeness (QED) is 0.0782. The molecular formula is C6H12K6O24P6. The summed E-state index contributed by atoms with van der Waals surface area (Å²) in [6.45, 7) is 0. The second-order valence-corrected chi connectivity index (χ2v) is 13.1. The Kier molecular flexibility index (Phi) is 40.5. The third-order valence-electron chi connectivity index (χ3n) is 3.47. The van der Waals surface area contributed by atoms with Crippen molar-refractivity contribution < 1.29 is 422 Å². The molecule has 1 aliphatic carbocycles. The van der Waals surface area contributed by atoms with Crippen LogP contribution in [0, 0.1) is 0 Å². The Morgan fingerprint density at radius 3 is 0.548 bits per heavy atom. The van der Waals surface area contributed by atoms with E-state index in [1.165, 1.54) is 0 Å². The van der Waals surface area contributed by atoms with Crippen molar-refractivity contribution in [1.29, 1.82) is 0 Å². The third kappa shape index (κ3) is 29.7. The van der Waals surface area contributed by atoms with E-state index in [2.05, 4.69) is 27.1 Å². The van der Waals surface area contributed by atoms with Crippen LogP contribution in [-0.4, -0.2) is 66.0 Å². The first kappa shape index (κ1) is 64.4. The second-order valence-electron chi connectivity index (χ2n) is 6.23. The molecule has 42 heavy (non-hydrogen) atoms. The zero-order valence-electron chi connectivity index (χ0n) is 22.2. The standard InChI is InChI=1S/C6H18O24P6.6K/c7-31(8,9)25-1-2(26-32(10,11)12)4(28-34(16,17)18)6(30-36(22,23)24)5(29-35(19,20)21)3(1)27-33(13,14)15;;;;;;/h1-6H,(H2,7,8,9)(H2,10,11,12)(H2,13,14,15)(H2,16,17,18)(H2,19,20,21)(H2,22,23,24);;;;;;/q;6*+1/p-6. The van der Waals surface area contributed by atoms with Gasteiger partial charge in [0.15, 0.2) is 0 Å². The summed E-state index contributed by atoms with van der Waals surface area (Å²) in [5, 5.41) is 0. The molecule has 1 aliphatic rings. The maximum Gasteiger partial charge on any atom is 1.00 e. The fourth-order valence-corrected chi connectivity index (χ4v) is 6.05. The predicted molar refractivity (Wildman–Crippen MR) is 88.2 cm³/mol. The molecule has 0 bridgehead atoms. The van der Waals surface area contributed by atoms with Crippen LogP contribution in [0.1, 0.15) is 0 Å². The Bertz CT molecular complexity index is 843. The summed E-state index contributed by atoms with van der Waals surface area (Å²) < 4.78 is 90.7. The van der Waals surface area contributed by atoms with E-state index in [0.29, 0.717) is 0 Å². The monoisotopic (exact) mass is 888 g/mol. The van der Waals surface area contributed by atoms with Crippen molar-refractivity contribution in [2.75, 3.05) is 0 Å². The van der Waals surface area contributed by atoms with Crippen molar-refractivity contribution in [3.8, 4) is 0 Å². The fraction of sp³-hybridized carbons (Fsp3) is 1.00. The number of phosphoric ester groups is 6. The number of rotatable bonds is 12. The Labute approximate surface area is 491 Å². The number of phosphoric acid groups is 6. The zero-order valence-corrected chi connectivity index (χ0v) is 46.3. The first-order valence-corrected chi connectivity index (χ1v) is 16.9. The molecule has 0 aromatic heterocycles. The minimum atomic E-state index is -6.60. The third-order valence-corrected chi connectivity index (χ3v) is 6.53. The molecule has 1 saturated carbocycles. The van der Waals surface area contributed by atoms with E-state index >= 15 is 0 Å². The average molecular weight is 889 g/mol. The maximum absolute atomic E-state index is 11.4. The molecule has 0 aromatic carbocycles. The van der Waals surface area contributed by atoms with Gasteiger partial charge < -0.3 is 86.0 Å². The Hall–Kier alpha value is 10.5. The van der Waals surface area contributed by atoms with Gasteiger partial charge in [0.05, 0.1) is 23.5 Å². The molecule has 0 aromatic rings. The normalized spacial score (nSPS) is 25.1. The Balaban J connectivity index is -0.000000540. The van der Waals surface area contributed by atoms with Gasteiger partial charge in [0.25, 0.3) is 0 Å². The van der Waals surface area contributed by atoms with Crippen molar-refractivity contribution in [1.82, 2.24) is 0 Å². The van der Waals surface area contributed by atoms with Crippen molar-refractivity contribution in [3.05, 3.63) is 0 Å². The van der Waals surface area contributed by atoms with Gasteiger partial charge in [0.2, 0.25) is 0 Å². The molecule has 36 heteroatoms. The van der Waals surface area contributed by atoms with E-state index in [9.17, 15) is 56.8 Å². The van der Waals surface area contributed by atoms with Crippen LogP contribution in [-0.2, 0) is 54.5 Å². The van der Waals surface area contributed by atoms with E-state index in [1.807, 2.05) is 0 Å². The summed E-state index contributed by atoms with van der Waals surface area (Å²) in [5.74, 6) is 0. The topological polar surface area (TPSA) is 418 Å². The van der Waals surface area contributed by atoms with E-state index in [1.54, 1.807) is 0 Å². The van der Waals surface area contributed by atoms with Crippen LogP contribution < -0.4 is 338 Å². The van der Waals surface area contributed by atoms with Gasteiger partial charge in [-0.05, 0) is 0 Å². The van der Waals surface area contributed by atoms with Crippen LogP contribution in [0.5, 0.6) is 0 Å². The maximum atomic E-state index is 11.4. The van der Waals surface area contributed by atoms with Gasteiger partial charge in [-0.15, -0.1) is 0 Å². The van der Waals surface area contributed by atoms with Gasteiger partial charge in [-0.25, -0.2) is 13.7 Å². The van der Waals surface area contributed by atoms with Crippen LogP contribution in [0.3, 0.4) is 0 Å². The summed E-state index contributed by atoms with van der Waals surface area (Å²) in [6, 6.07) is 0. The van der Waals surface area contributed by atoms with Gasteiger partial charge in [0.1, 0.15) is 36.6 Å². The number of hydrogen-bond donors (Lipinski definition) is 6. The summed E-state index contributed by atoms with van der Waals surface area (Å²) in [5.41, 5.74) is 0. The molecule has 6 N–H and O–H groups in total. The SMILES string of the molecule is O=P([O-])([O-])OC1C(OP(=O)([O-])[O-])C(OP(=O)(O)O)C(OP(=O)(O)O)C(OP(=O)(O)O)C1OP(=O)([O-])[O-].[K+].[K+].[K+].[K+].[K+].[K+]. The molecule has 0 saturated heterocycles. The molecule has 24 nitrogen and oxygen atoms in total. The van der Waals surface area contributed by atoms with E-state index in [4.69, 9.17) is 29.4 Å². The molecule has 0 spiro atoms. The minimum Gasteiger partial charge on any atom is -0.790 e. The number of hydrogen-bond acceptors (Lipinski definition) is 18. The molecule has 0 aliphatic heterocycles. The minimum absolute atomic E-state index is 0. The van der Waals surface area contributed by atoms with Crippen LogP contribution in [0.2, 0.25) is 0 Å². The van der Waals surface area contributed by atoms with Crippen LogP contribution in [0.15, 0.2) is 0 Å². The van der Waals surface area contributed by atoms with E-state index < -0.39 is 83.6 Å². The van der Waals surface area contributed by atoms with Crippen molar-refractivity contribution in [3.63, 3.8) is 0 Å². The second kappa shape index (κ2) is 26.4. The van der Waals surface area contributed by atoms with Crippen molar-refractivity contribution >= 4 is 46.9 Å². The predicted octanol–water partition coefficient (Wildman–Crippen LogP) is -24.9. The Morgan fingerprint density at radius 2 is 0.452 bits per heavy atom. The van der Waals surface area contributed by atoms with Crippen molar-refractivity contribution in [2.24, 2.45) is 0 Å². The van der Waals surface area contributed by atoms with Gasteiger partial charge in [-0.1, -0.05) is 0 Å². The smallest absolute Gasteiger partial charge is 0.790 e. The molecule has 0 heterocycles. The van der Waals surface area contributed by atoms with Gasteiger partial charge in [-0.3, -0.25) is 13.6 Å². The van der Waals surface area contributed by atoms with E-state index in [0.717, 1.165) is 0 Å². The van der Waals surface area contributed by atoms with Crippen LogP contribution >= 0.6 is 46.9 Å². The molecule has 1 fully saturated rings. The zero-order chi connectivity index (χ0) is 28.7. The molecule has 4 atom stereocenters. The summed E-state index contributed by atoms with van der Waals surface area (Å²) >= 11 is 0. The van der Waals surface area contributed by atoms with E-state index in [-0.39, 0.29) is 308 Å². The average Bonchev–Trinajstić information content (AvgIpc) is 2.51. The van der Waals surface area contributed by atoms with Gasteiger partial charge >= 0.3 is 332 Å².